The lowest BCUT2D eigenvalue weighted by atomic mass is 9.97. The monoisotopic (exact) mass is 501 g/mol. The topological polar surface area (TPSA) is 67.3 Å². The fraction of sp³-hybridized carbons (Fsp3) is 0. The Morgan fingerprint density at radius 2 is 1.08 bits per heavy atom. The van der Waals surface area contributed by atoms with Crippen molar-refractivity contribution in [3.63, 3.8) is 0 Å². The summed E-state index contributed by atoms with van der Waals surface area (Å²) in [6, 6.07) is 43.3. The van der Waals surface area contributed by atoms with Gasteiger partial charge in [0.1, 0.15) is 5.69 Å². The predicted octanol–water partition coefficient (Wildman–Crippen LogP) is 8.08. The Bertz CT molecular complexity index is 1880. The number of aromatic nitrogens is 5. The second-order valence-corrected chi connectivity index (χ2v) is 9.29. The molecule has 5 heteroatoms. The summed E-state index contributed by atoms with van der Waals surface area (Å²) in [4.78, 5) is 14.6. The van der Waals surface area contributed by atoms with Crippen molar-refractivity contribution in [3.8, 4) is 56.4 Å². The first-order valence-corrected chi connectivity index (χ1v) is 12.8. The van der Waals surface area contributed by atoms with E-state index in [1.165, 1.54) is 5.56 Å². The Balaban J connectivity index is 1.32. The molecule has 0 saturated carbocycles. The van der Waals surface area contributed by atoms with Crippen molar-refractivity contribution in [3.05, 3.63) is 134 Å². The van der Waals surface area contributed by atoms with E-state index in [-0.39, 0.29) is 0 Å². The highest BCUT2D eigenvalue weighted by molar-refractivity contribution is 5.97. The molecular weight excluding hydrogens is 478 g/mol. The minimum Gasteiger partial charge on any atom is -0.257 e. The Hall–Kier alpha value is -5.42. The fourth-order valence-corrected chi connectivity index (χ4v) is 4.88. The second kappa shape index (κ2) is 9.80. The molecule has 0 bridgehead atoms. The third kappa shape index (κ3) is 4.36. The summed E-state index contributed by atoms with van der Waals surface area (Å²) in [6.07, 6.45) is 1.78. The zero-order chi connectivity index (χ0) is 26.0. The number of nitrogens with zero attached hydrogens (tertiary/aromatic N) is 4. The average Bonchev–Trinajstić information content (AvgIpc) is 3.52. The molecule has 0 amide bonds. The smallest absolute Gasteiger partial charge is 0.181 e. The van der Waals surface area contributed by atoms with Crippen LogP contribution in [0.3, 0.4) is 0 Å². The van der Waals surface area contributed by atoms with Crippen molar-refractivity contribution < 1.29 is 0 Å². The maximum atomic E-state index is 5.11. The molecule has 7 rings (SSSR count). The molecule has 0 aliphatic rings. The van der Waals surface area contributed by atoms with E-state index in [1.54, 1.807) is 6.20 Å². The van der Waals surface area contributed by atoms with Gasteiger partial charge in [0, 0.05) is 28.3 Å². The van der Waals surface area contributed by atoms with Gasteiger partial charge in [-0.3, -0.25) is 10.1 Å². The number of rotatable bonds is 5. The van der Waals surface area contributed by atoms with E-state index in [9.17, 15) is 0 Å². The van der Waals surface area contributed by atoms with E-state index in [2.05, 4.69) is 64.8 Å². The van der Waals surface area contributed by atoms with E-state index >= 15 is 0 Å². The first-order valence-electron chi connectivity index (χ1n) is 12.8. The predicted molar refractivity (Wildman–Crippen MR) is 157 cm³/mol. The molecular formula is C34H23N5. The van der Waals surface area contributed by atoms with Crippen molar-refractivity contribution in [1.82, 2.24) is 25.1 Å². The van der Waals surface area contributed by atoms with E-state index in [1.807, 2.05) is 72.8 Å². The molecule has 0 saturated heterocycles. The lowest BCUT2D eigenvalue weighted by Gasteiger charge is -2.12. The Morgan fingerprint density at radius 1 is 0.487 bits per heavy atom. The van der Waals surface area contributed by atoms with Gasteiger partial charge in [-0.15, -0.1) is 0 Å². The SMILES string of the molecule is c1ccc(-c2ccc(-c3n[nH]c(-c4nccc5nc(-c6ccccc6)c(-c6ccccc6)cc45)n3)cc2)cc1. The van der Waals surface area contributed by atoms with Crippen LogP contribution in [0.1, 0.15) is 0 Å². The van der Waals surface area contributed by atoms with Gasteiger partial charge >= 0.3 is 0 Å². The number of benzene rings is 4. The van der Waals surface area contributed by atoms with Crippen LogP contribution in [0.4, 0.5) is 0 Å². The van der Waals surface area contributed by atoms with Gasteiger partial charge < -0.3 is 0 Å². The summed E-state index contributed by atoms with van der Waals surface area (Å²) in [7, 11) is 0. The van der Waals surface area contributed by atoms with Crippen LogP contribution < -0.4 is 0 Å². The third-order valence-corrected chi connectivity index (χ3v) is 6.84. The van der Waals surface area contributed by atoms with Crippen LogP contribution in [0.25, 0.3) is 67.3 Å². The van der Waals surface area contributed by atoms with Gasteiger partial charge in [0.15, 0.2) is 11.6 Å². The van der Waals surface area contributed by atoms with Gasteiger partial charge in [0.05, 0.1) is 11.2 Å². The average molecular weight is 502 g/mol. The van der Waals surface area contributed by atoms with Crippen molar-refractivity contribution in [2.75, 3.05) is 0 Å². The summed E-state index contributed by atoms with van der Waals surface area (Å²) in [5, 5.41) is 8.55. The summed E-state index contributed by atoms with van der Waals surface area (Å²) in [6.45, 7) is 0. The third-order valence-electron chi connectivity index (χ3n) is 6.84. The highest BCUT2D eigenvalue weighted by Gasteiger charge is 2.17. The normalized spacial score (nSPS) is 11.1. The second-order valence-electron chi connectivity index (χ2n) is 9.29. The van der Waals surface area contributed by atoms with Crippen LogP contribution in [0.5, 0.6) is 0 Å². The van der Waals surface area contributed by atoms with Gasteiger partial charge in [-0.1, -0.05) is 115 Å². The maximum Gasteiger partial charge on any atom is 0.181 e. The van der Waals surface area contributed by atoms with Crippen LogP contribution in [0, 0.1) is 0 Å². The molecule has 0 aliphatic carbocycles. The number of H-pyrrole nitrogens is 1. The Kier molecular flexibility index (Phi) is 5.72. The number of hydrogen-bond donors (Lipinski definition) is 1. The van der Waals surface area contributed by atoms with Crippen LogP contribution in [0.2, 0.25) is 0 Å². The molecule has 0 unspecified atom stereocenters. The molecule has 1 N–H and O–H groups in total. The summed E-state index contributed by atoms with van der Waals surface area (Å²) < 4.78 is 0. The fourth-order valence-electron chi connectivity index (χ4n) is 4.88. The van der Waals surface area contributed by atoms with Crippen LogP contribution >= 0.6 is 0 Å². The number of pyridine rings is 2. The van der Waals surface area contributed by atoms with Crippen LogP contribution in [-0.4, -0.2) is 25.1 Å². The standard InChI is InChI=1S/C34H23N5/c1-4-10-23(11-5-1)24-16-18-27(19-17-24)33-37-34(39-38-33)32-29-22-28(25-12-6-2-7-13-25)31(26-14-8-3-9-15-26)36-30(29)20-21-35-32/h1-22H,(H,37,38,39). The van der Waals surface area contributed by atoms with Crippen molar-refractivity contribution in [2.24, 2.45) is 0 Å². The van der Waals surface area contributed by atoms with Gasteiger partial charge in [0.2, 0.25) is 0 Å². The van der Waals surface area contributed by atoms with Crippen molar-refractivity contribution >= 4 is 10.9 Å². The highest BCUT2D eigenvalue weighted by atomic mass is 15.2. The summed E-state index contributed by atoms with van der Waals surface area (Å²) in [5.74, 6) is 1.23. The molecule has 3 aromatic heterocycles. The molecule has 3 heterocycles. The van der Waals surface area contributed by atoms with E-state index in [0.29, 0.717) is 11.6 Å². The van der Waals surface area contributed by atoms with Gasteiger partial charge in [-0.05, 0) is 28.8 Å². The molecule has 4 aromatic carbocycles. The number of nitrogens with one attached hydrogen (secondary N) is 1. The molecule has 39 heavy (non-hydrogen) atoms. The van der Waals surface area contributed by atoms with Crippen molar-refractivity contribution in [2.45, 2.75) is 0 Å². The zero-order valence-electron chi connectivity index (χ0n) is 21.0. The number of hydrogen-bond acceptors (Lipinski definition) is 4. The molecule has 0 spiro atoms. The molecule has 5 nitrogen and oxygen atoms in total. The van der Waals surface area contributed by atoms with Crippen molar-refractivity contribution in [1.29, 1.82) is 0 Å². The zero-order valence-corrected chi connectivity index (χ0v) is 21.0. The summed E-state index contributed by atoms with van der Waals surface area (Å²) in [5.41, 5.74) is 8.97. The molecule has 0 fully saturated rings. The van der Waals surface area contributed by atoms with Crippen LogP contribution in [-0.2, 0) is 0 Å². The lowest BCUT2D eigenvalue weighted by molar-refractivity contribution is 1.09. The van der Waals surface area contributed by atoms with Gasteiger partial charge in [-0.25, -0.2) is 9.97 Å². The Labute approximate surface area is 225 Å². The number of fused-ring (bicyclic) bond motifs is 1. The lowest BCUT2D eigenvalue weighted by Crippen LogP contribution is -1.95. The minimum absolute atomic E-state index is 0.607. The minimum atomic E-state index is 0.607. The quantitative estimate of drug-likeness (QED) is 0.259. The first kappa shape index (κ1) is 22.8. The van der Waals surface area contributed by atoms with E-state index < -0.39 is 0 Å². The Morgan fingerprint density at radius 3 is 1.77 bits per heavy atom. The summed E-state index contributed by atoms with van der Waals surface area (Å²) >= 11 is 0. The van der Waals surface area contributed by atoms with Gasteiger partial charge in [-0.2, -0.15) is 5.10 Å². The maximum absolute atomic E-state index is 5.11. The molecule has 0 atom stereocenters. The van der Waals surface area contributed by atoms with Gasteiger partial charge in [0.25, 0.3) is 0 Å². The highest BCUT2D eigenvalue weighted by Crippen LogP contribution is 2.36. The first-order chi connectivity index (χ1) is 19.3. The van der Waals surface area contributed by atoms with Crippen LogP contribution in [0.15, 0.2) is 134 Å². The molecule has 0 radical (unpaired) electrons. The molecule has 0 aliphatic heterocycles. The number of aromatic amines is 1. The molecule has 184 valence electrons. The largest absolute Gasteiger partial charge is 0.257 e. The van der Waals surface area contributed by atoms with E-state index in [0.717, 1.165) is 50.1 Å². The van der Waals surface area contributed by atoms with E-state index in [4.69, 9.17) is 15.0 Å². The molecule has 7 aromatic rings.